The standard InChI is InChI=1S/C26H28N2O3/c1-4-31-26(30)21-16-14-19(15-17-21)18-24(29)27-25(20-10-6-5-7-11-20)22-12-8-9-13-23(22)28(2)3/h5-17,25H,4,18H2,1-3H3,(H,27,29). The van der Waals surface area contributed by atoms with Crippen LogP contribution in [0.4, 0.5) is 5.69 Å². The van der Waals surface area contributed by atoms with Gasteiger partial charge in [-0.3, -0.25) is 4.79 Å². The Bertz CT molecular complexity index is 1010. The first-order valence-corrected chi connectivity index (χ1v) is 10.4. The van der Waals surface area contributed by atoms with Gasteiger partial charge in [0.05, 0.1) is 24.6 Å². The van der Waals surface area contributed by atoms with Crippen LogP contribution >= 0.6 is 0 Å². The van der Waals surface area contributed by atoms with E-state index in [-0.39, 0.29) is 24.3 Å². The number of hydrogen-bond donors (Lipinski definition) is 1. The number of amides is 1. The van der Waals surface area contributed by atoms with E-state index in [4.69, 9.17) is 4.74 Å². The molecule has 3 aromatic rings. The Morgan fingerprint density at radius 2 is 1.55 bits per heavy atom. The van der Waals surface area contributed by atoms with Gasteiger partial charge >= 0.3 is 5.97 Å². The lowest BCUT2D eigenvalue weighted by Gasteiger charge is -2.25. The van der Waals surface area contributed by atoms with Gasteiger partial charge in [0.15, 0.2) is 0 Å². The summed E-state index contributed by atoms with van der Waals surface area (Å²) in [7, 11) is 3.99. The summed E-state index contributed by atoms with van der Waals surface area (Å²) in [5, 5.41) is 3.19. The van der Waals surface area contributed by atoms with Gasteiger partial charge in [0.2, 0.25) is 5.91 Å². The number of hydrogen-bond acceptors (Lipinski definition) is 4. The van der Waals surface area contributed by atoms with E-state index < -0.39 is 0 Å². The van der Waals surface area contributed by atoms with Gasteiger partial charge < -0.3 is 15.0 Å². The zero-order valence-corrected chi connectivity index (χ0v) is 18.2. The SMILES string of the molecule is CCOC(=O)c1ccc(CC(=O)NC(c2ccccc2)c2ccccc2N(C)C)cc1. The van der Waals surface area contributed by atoms with Crippen molar-refractivity contribution in [3.8, 4) is 0 Å². The van der Waals surface area contributed by atoms with Crippen molar-refractivity contribution in [2.24, 2.45) is 0 Å². The third-order valence-electron chi connectivity index (χ3n) is 5.00. The van der Waals surface area contributed by atoms with E-state index in [0.717, 1.165) is 22.4 Å². The van der Waals surface area contributed by atoms with Gasteiger partial charge in [-0.2, -0.15) is 0 Å². The highest BCUT2D eigenvalue weighted by Gasteiger charge is 2.20. The summed E-state index contributed by atoms with van der Waals surface area (Å²) < 4.78 is 5.01. The number of ether oxygens (including phenoxy) is 1. The van der Waals surface area contributed by atoms with E-state index in [1.165, 1.54) is 0 Å². The molecule has 0 radical (unpaired) electrons. The van der Waals surface area contributed by atoms with E-state index in [9.17, 15) is 9.59 Å². The second-order valence-electron chi connectivity index (χ2n) is 7.46. The van der Waals surface area contributed by atoms with Crippen LogP contribution in [0.2, 0.25) is 0 Å². The molecule has 1 amide bonds. The van der Waals surface area contributed by atoms with Crippen LogP contribution in [0.1, 0.15) is 40.0 Å². The summed E-state index contributed by atoms with van der Waals surface area (Å²) in [6.45, 7) is 2.10. The molecule has 3 rings (SSSR count). The average molecular weight is 417 g/mol. The normalized spacial score (nSPS) is 11.5. The first-order valence-electron chi connectivity index (χ1n) is 10.4. The summed E-state index contributed by atoms with van der Waals surface area (Å²) in [5.41, 5.74) is 4.41. The van der Waals surface area contributed by atoms with Gasteiger partial charge in [-0.05, 0) is 36.2 Å². The zero-order valence-electron chi connectivity index (χ0n) is 18.2. The highest BCUT2D eigenvalue weighted by molar-refractivity contribution is 5.89. The van der Waals surface area contributed by atoms with Crippen LogP contribution in [0.15, 0.2) is 78.9 Å². The van der Waals surface area contributed by atoms with Crippen molar-refractivity contribution in [1.29, 1.82) is 0 Å². The highest BCUT2D eigenvalue weighted by atomic mass is 16.5. The summed E-state index contributed by atoms with van der Waals surface area (Å²) in [5.74, 6) is -0.450. The summed E-state index contributed by atoms with van der Waals surface area (Å²) in [4.78, 5) is 26.8. The van der Waals surface area contributed by atoms with Crippen LogP contribution in [0.3, 0.4) is 0 Å². The molecular weight excluding hydrogens is 388 g/mol. The lowest BCUT2D eigenvalue weighted by molar-refractivity contribution is -0.120. The molecule has 160 valence electrons. The minimum absolute atomic E-state index is 0.0914. The Kier molecular flexibility index (Phi) is 7.44. The van der Waals surface area contributed by atoms with E-state index >= 15 is 0 Å². The molecule has 0 heterocycles. The molecule has 1 atom stereocenters. The van der Waals surface area contributed by atoms with Gasteiger partial charge in [-0.1, -0.05) is 60.7 Å². The molecule has 0 aliphatic rings. The van der Waals surface area contributed by atoms with Crippen LogP contribution in [-0.2, 0) is 16.0 Å². The van der Waals surface area contributed by atoms with Gasteiger partial charge in [0.1, 0.15) is 0 Å². The first kappa shape index (κ1) is 22.1. The monoisotopic (exact) mass is 416 g/mol. The summed E-state index contributed by atoms with van der Waals surface area (Å²) in [6, 6.07) is 24.7. The Morgan fingerprint density at radius 3 is 2.19 bits per heavy atom. The molecule has 1 unspecified atom stereocenters. The number of carbonyl (C=O) groups is 2. The highest BCUT2D eigenvalue weighted by Crippen LogP contribution is 2.30. The van der Waals surface area contributed by atoms with E-state index in [1.807, 2.05) is 73.6 Å². The molecule has 1 N–H and O–H groups in total. The number of carbonyl (C=O) groups excluding carboxylic acids is 2. The Balaban J connectivity index is 1.81. The molecule has 3 aromatic carbocycles. The van der Waals surface area contributed by atoms with Crippen LogP contribution in [0.5, 0.6) is 0 Å². The molecule has 0 fully saturated rings. The van der Waals surface area contributed by atoms with E-state index in [1.54, 1.807) is 31.2 Å². The molecule has 0 bridgehead atoms. The Labute approximate surface area is 183 Å². The number of esters is 1. The fraction of sp³-hybridized carbons (Fsp3) is 0.231. The number of anilines is 1. The third-order valence-corrected chi connectivity index (χ3v) is 5.00. The molecule has 0 aromatic heterocycles. The van der Waals surface area contributed by atoms with Crippen LogP contribution in [0.25, 0.3) is 0 Å². The summed E-state index contributed by atoms with van der Waals surface area (Å²) >= 11 is 0. The van der Waals surface area contributed by atoms with Crippen molar-refractivity contribution in [1.82, 2.24) is 5.32 Å². The molecule has 0 spiro atoms. The van der Waals surface area contributed by atoms with Gasteiger partial charge in [0, 0.05) is 25.3 Å². The van der Waals surface area contributed by atoms with E-state index in [0.29, 0.717) is 12.2 Å². The fourth-order valence-corrected chi connectivity index (χ4v) is 3.50. The maximum atomic E-state index is 13.0. The molecule has 0 aliphatic heterocycles. The predicted molar refractivity (Wildman–Crippen MR) is 123 cm³/mol. The van der Waals surface area contributed by atoms with E-state index in [2.05, 4.69) is 5.32 Å². The number of para-hydroxylation sites is 1. The smallest absolute Gasteiger partial charge is 0.338 e. The lowest BCUT2D eigenvalue weighted by Crippen LogP contribution is -2.31. The maximum Gasteiger partial charge on any atom is 0.338 e. The van der Waals surface area contributed by atoms with Crippen molar-refractivity contribution in [2.45, 2.75) is 19.4 Å². The zero-order chi connectivity index (χ0) is 22.2. The van der Waals surface area contributed by atoms with Crippen molar-refractivity contribution in [2.75, 3.05) is 25.6 Å². The Hall–Kier alpha value is -3.60. The topological polar surface area (TPSA) is 58.6 Å². The Morgan fingerprint density at radius 1 is 0.903 bits per heavy atom. The van der Waals surface area contributed by atoms with Crippen LogP contribution in [-0.4, -0.2) is 32.6 Å². The van der Waals surface area contributed by atoms with Gasteiger partial charge in [0.25, 0.3) is 0 Å². The first-order chi connectivity index (χ1) is 15.0. The molecule has 0 aliphatic carbocycles. The molecular formula is C26H28N2O3. The molecule has 5 nitrogen and oxygen atoms in total. The second-order valence-corrected chi connectivity index (χ2v) is 7.46. The number of nitrogens with zero attached hydrogens (tertiary/aromatic N) is 1. The molecule has 31 heavy (non-hydrogen) atoms. The van der Waals surface area contributed by atoms with Gasteiger partial charge in [-0.25, -0.2) is 4.79 Å². The molecule has 0 saturated carbocycles. The number of benzene rings is 3. The number of rotatable bonds is 8. The summed E-state index contributed by atoms with van der Waals surface area (Å²) in [6.07, 6.45) is 0.219. The van der Waals surface area contributed by atoms with Crippen molar-refractivity contribution >= 4 is 17.6 Å². The average Bonchev–Trinajstić information content (AvgIpc) is 2.78. The predicted octanol–water partition coefficient (Wildman–Crippen LogP) is 4.38. The van der Waals surface area contributed by atoms with Crippen LogP contribution in [0, 0.1) is 0 Å². The second kappa shape index (κ2) is 10.4. The number of nitrogens with one attached hydrogen (secondary N) is 1. The molecule has 5 heteroatoms. The minimum Gasteiger partial charge on any atom is -0.462 e. The maximum absolute atomic E-state index is 13.0. The van der Waals surface area contributed by atoms with Crippen LogP contribution < -0.4 is 10.2 Å². The largest absolute Gasteiger partial charge is 0.462 e. The minimum atomic E-state index is -0.358. The molecule has 0 saturated heterocycles. The third kappa shape index (κ3) is 5.72. The van der Waals surface area contributed by atoms with Crippen molar-refractivity contribution in [3.63, 3.8) is 0 Å². The van der Waals surface area contributed by atoms with Crippen molar-refractivity contribution in [3.05, 3.63) is 101 Å². The van der Waals surface area contributed by atoms with Gasteiger partial charge in [-0.15, -0.1) is 0 Å². The fourth-order valence-electron chi connectivity index (χ4n) is 3.50. The lowest BCUT2D eigenvalue weighted by atomic mass is 9.96. The van der Waals surface area contributed by atoms with Crippen molar-refractivity contribution < 1.29 is 14.3 Å². The quantitative estimate of drug-likeness (QED) is 0.554.